The second-order valence-electron chi connectivity index (χ2n) is 6.73. The minimum Gasteiger partial charge on any atom is -0.493 e. The van der Waals surface area contributed by atoms with Crippen molar-refractivity contribution < 1.29 is 4.74 Å². The summed E-state index contributed by atoms with van der Waals surface area (Å²) >= 11 is 0. The minimum absolute atomic E-state index is 0. The van der Waals surface area contributed by atoms with Gasteiger partial charge in [0.25, 0.3) is 0 Å². The van der Waals surface area contributed by atoms with Gasteiger partial charge in [0.2, 0.25) is 0 Å². The molecule has 3 rings (SSSR count). The van der Waals surface area contributed by atoms with Crippen molar-refractivity contribution in [2.75, 3.05) is 13.7 Å². The first-order valence-corrected chi connectivity index (χ1v) is 9.79. The van der Waals surface area contributed by atoms with Gasteiger partial charge in [-0.05, 0) is 42.7 Å². The van der Waals surface area contributed by atoms with Crippen LogP contribution in [0.15, 0.2) is 60.2 Å². The summed E-state index contributed by atoms with van der Waals surface area (Å²) in [6, 6.07) is 10.3. The highest BCUT2D eigenvalue weighted by Crippen LogP contribution is 2.20. The average Bonchev–Trinajstić information content (AvgIpc) is 3.28. The number of rotatable bonds is 8. The van der Waals surface area contributed by atoms with E-state index in [4.69, 9.17) is 4.74 Å². The maximum absolute atomic E-state index is 5.90. The Labute approximate surface area is 195 Å². The van der Waals surface area contributed by atoms with Crippen molar-refractivity contribution in [2.24, 2.45) is 4.99 Å². The summed E-state index contributed by atoms with van der Waals surface area (Å²) in [5.41, 5.74) is 3.40. The first-order valence-electron chi connectivity index (χ1n) is 9.79. The van der Waals surface area contributed by atoms with Crippen LogP contribution in [0.2, 0.25) is 0 Å². The van der Waals surface area contributed by atoms with E-state index in [1.165, 1.54) is 5.56 Å². The molecule has 160 valence electrons. The van der Waals surface area contributed by atoms with E-state index in [0.29, 0.717) is 19.7 Å². The zero-order valence-electron chi connectivity index (χ0n) is 17.6. The van der Waals surface area contributed by atoms with Gasteiger partial charge >= 0.3 is 0 Å². The van der Waals surface area contributed by atoms with E-state index >= 15 is 0 Å². The molecule has 0 aliphatic rings. The molecule has 0 spiro atoms. The molecule has 8 heteroatoms. The van der Waals surface area contributed by atoms with Gasteiger partial charge in [-0.1, -0.05) is 19.1 Å². The summed E-state index contributed by atoms with van der Waals surface area (Å²) in [4.78, 5) is 12.8. The summed E-state index contributed by atoms with van der Waals surface area (Å²) in [5.74, 6) is 2.49. The van der Waals surface area contributed by atoms with Gasteiger partial charge in [-0.25, -0.2) is 9.97 Å². The molecule has 0 atom stereocenters. The lowest BCUT2D eigenvalue weighted by atomic mass is 10.1. The van der Waals surface area contributed by atoms with Crippen molar-refractivity contribution in [1.29, 1.82) is 0 Å². The van der Waals surface area contributed by atoms with Gasteiger partial charge in [-0.2, -0.15) is 0 Å². The lowest BCUT2D eigenvalue weighted by molar-refractivity contribution is 0.313. The molecule has 2 aromatic heterocycles. The number of hydrogen-bond donors (Lipinski definition) is 2. The predicted octanol–water partition coefficient (Wildman–Crippen LogP) is 3.85. The Hall–Kier alpha value is -2.62. The number of nitrogens with zero attached hydrogens (tertiary/aromatic N) is 4. The van der Waals surface area contributed by atoms with Crippen LogP contribution < -0.4 is 15.4 Å². The van der Waals surface area contributed by atoms with Crippen molar-refractivity contribution in [2.45, 2.75) is 33.4 Å². The molecule has 30 heavy (non-hydrogen) atoms. The number of hydrogen-bond acceptors (Lipinski definition) is 4. The SMILES string of the molecule is CCCOc1cc(C)ccc1CNC(=NC)NCc1ccnc(-n2ccnc2)c1.I. The number of guanidine groups is 1. The first kappa shape index (κ1) is 23.7. The topological polar surface area (TPSA) is 76.4 Å². The number of nitrogens with one attached hydrogen (secondary N) is 2. The number of ether oxygens (including phenoxy) is 1. The molecular weight excluding hydrogens is 491 g/mol. The Balaban J connectivity index is 0.00000320. The third-order valence-corrected chi connectivity index (χ3v) is 4.39. The lowest BCUT2D eigenvalue weighted by Crippen LogP contribution is -2.36. The van der Waals surface area contributed by atoms with E-state index in [9.17, 15) is 0 Å². The second kappa shape index (κ2) is 12.2. The second-order valence-corrected chi connectivity index (χ2v) is 6.73. The summed E-state index contributed by atoms with van der Waals surface area (Å²) in [7, 11) is 1.77. The van der Waals surface area contributed by atoms with E-state index in [1.54, 1.807) is 25.8 Å². The maximum atomic E-state index is 5.90. The molecule has 0 bridgehead atoms. The van der Waals surface area contributed by atoms with E-state index in [-0.39, 0.29) is 24.0 Å². The average molecular weight is 520 g/mol. The normalized spacial score (nSPS) is 11.0. The molecule has 0 saturated carbocycles. The first-order chi connectivity index (χ1) is 14.2. The van der Waals surface area contributed by atoms with Crippen LogP contribution in [-0.2, 0) is 13.1 Å². The zero-order chi connectivity index (χ0) is 20.5. The molecule has 0 aliphatic carbocycles. The van der Waals surface area contributed by atoms with Crippen molar-refractivity contribution in [1.82, 2.24) is 25.2 Å². The van der Waals surface area contributed by atoms with Crippen LogP contribution in [0, 0.1) is 6.92 Å². The standard InChI is InChI=1S/C22H28N6O.HI/c1-4-11-29-20-12-17(2)5-6-19(20)15-27-22(23-3)26-14-18-7-8-25-21(13-18)28-10-9-24-16-28;/h5-10,12-13,16H,4,11,14-15H2,1-3H3,(H2,23,26,27);1H. The number of pyridine rings is 1. The predicted molar refractivity (Wildman–Crippen MR) is 131 cm³/mol. The molecule has 7 nitrogen and oxygen atoms in total. The van der Waals surface area contributed by atoms with E-state index in [0.717, 1.165) is 35.1 Å². The number of aliphatic imine (C=N–C) groups is 1. The van der Waals surface area contributed by atoms with Crippen LogP contribution in [0.5, 0.6) is 5.75 Å². The zero-order valence-corrected chi connectivity index (χ0v) is 20.0. The minimum atomic E-state index is 0. The van der Waals surface area contributed by atoms with Gasteiger partial charge in [-0.15, -0.1) is 24.0 Å². The van der Waals surface area contributed by atoms with Crippen molar-refractivity contribution in [3.8, 4) is 11.6 Å². The van der Waals surface area contributed by atoms with Crippen LogP contribution in [-0.4, -0.2) is 34.1 Å². The smallest absolute Gasteiger partial charge is 0.191 e. The fraction of sp³-hybridized carbons (Fsp3) is 0.318. The molecule has 0 saturated heterocycles. The number of aryl methyl sites for hydroxylation is 1. The number of halogens is 1. The molecule has 0 radical (unpaired) electrons. The molecule has 0 unspecified atom stereocenters. The number of benzene rings is 1. The maximum Gasteiger partial charge on any atom is 0.191 e. The third kappa shape index (κ3) is 6.72. The van der Waals surface area contributed by atoms with Crippen LogP contribution >= 0.6 is 24.0 Å². The van der Waals surface area contributed by atoms with Gasteiger partial charge in [0.1, 0.15) is 17.9 Å². The summed E-state index contributed by atoms with van der Waals surface area (Å²) in [5, 5.41) is 6.71. The molecule has 0 aliphatic heterocycles. The van der Waals surface area contributed by atoms with Gasteiger partial charge in [0, 0.05) is 44.3 Å². The van der Waals surface area contributed by atoms with Gasteiger partial charge in [-0.3, -0.25) is 9.56 Å². The van der Waals surface area contributed by atoms with Crippen LogP contribution in [0.25, 0.3) is 5.82 Å². The summed E-state index contributed by atoms with van der Waals surface area (Å²) < 4.78 is 7.78. The monoisotopic (exact) mass is 520 g/mol. The Kier molecular flexibility index (Phi) is 9.59. The van der Waals surface area contributed by atoms with Gasteiger partial charge in [0.05, 0.1) is 6.61 Å². The number of aromatic nitrogens is 3. The van der Waals surface area contributed by atoms with Gasteiger partial charge < -0.3 is 15.4 Å². The van der Waals surface area contributed by atoms with E-state index in [1.807, 2.05) is 22.9 Å². The van der Waals surface area contributed by atoms with Crippen LogP contribution in [0.3, 0.4) is 0 Å². The van der Waals surface area contributed by atoms with E-state index < -0.39 is 0 Å². The fourth-order valence-corrected chi connectivity index (χ4v) is 2.85. The Morgan fingerprint density at radius 2 is 1.97 bits per heavy atom. The highest BCUT2D eigenvalue weighted by atomic mass is 127. The quantitative estimate of drug-likeness (QED) is 0.268. The van der Waals surface area contributed by atoms with Crippen LogP contribution in [0.4, 0.5) is 0 Å². The highest BCUT2D eigenvalue weighted by molar-refractivity contribution is 14.0. The fourth-order valence-electron chi connectivity index (χ4n) is 2.85. The molecule has 0 fully saturated rings. The summed E-state index contributed by atoms with van der Waals surface area (Å²) in [6.07, 6.45) is 8.13. The largest absolute Gasteiger partial charge is 0.493 e. The van der Waals surface area contributed by atoms with Crippen molar-refractivity contribution in [3.05, 3.63) is 71.9 Å². The van der Waals surface area contributed by atoms with Crippen molar-refractivity contribution >= 4 is 29.9 Å². The Morgan fingerprint density at radius 1 is 1.13 bits per heavy atom. The number of imidazole rings is 1. The highest BCUT2D eigenvalue weighted by Gasteiger charge is 2.06. The molecule has 3 aromatic rings. The molecule has 2 heterocycles. The summed E-state index contributed by atoms with van der Waals surface area (Å²) in [6.45, 7) is 6.16. The van der Waals surface area contributed by atoms with Crippen molar-refractivity contribution in [3.63, 3.8) is 0 Å². The van der Waals surface area contributed by atoms with Gasteiger partial charge in [0.15, 0.2) is 5.96 Å². The molecule has 0 amide bonds. The molecule has 1 aromatic carbocycles. The van der Waals surface area contributed by atoms with Crippen LogP contribution in [0.1, 0.15) is 30.0 Å². The third-order valence-electron chi connectivity index (χ3n) is 4.39. The lowest BCUT2D eigenvalue weighted by Gasteiger charge is -2.15. The Bertz CT molecular complexity index is 943. The Morgan fingerprint density at radius 3 is 2.70 bits per heavy atom. The molecule has 2 N–H and O–H groups in total. The van der Waals surface area contributed by atoms with E-state index in [2.05, 4.69) is 57.6 Å². The molecular formula is C22H29IN6O.